The fourth-order valence-corrected chi connectivity index (χ4v) is 2.80. The third kappa shape index (κ3) is 4.73. The van der Waals surface area contributed by atoms with E-state index in [2.05, 4.69) is 15.0 Å². The van der Waals surface area contributed by atoms with Crippen molar-refractivity contribution in [2.75, 3.05) is 19.0 Å². The molecular weight excluding hydrogens is 352 g/mol. The minimum absolute atomic E-state index is 0.207. The van der Waals surface area contributed by atoms with E-state index in [1.165, 1.54) is 19.2 Å². The van der Waals surface area contributed by atoms with Crippen molar-refractivity contribution in [3.8, 4) is 0 Å². The van der Waals surface area contributed by atoms with Crippen molar-refractivity contribution in [2.24, 2.45) is 0 Å². The summed E-state index contributed by atoms with van der Waals surface area (Å²) in [4.78, 5) is 38.4. The van der Waals surface area contributed by atoms with Crippen LogP contribution in [0.3, 0.4) is 0 Å². The number of ether oxygens (including phenoxy) is 2. The van der Waals surface area contributed by atoms with Crippen LogP contribution in [0.4, 0.5) is 5.69 Å². The van der Waals surface area contributed by atoms with Gasteiger partial charge in [0.15, 0.2) is 6.61 Å². The summed E-state index contributed by atoms with van der Waals surface area (Å²) in [6.45, 7) is 4.58. The summed E-state index contributed by atoms with van der Waals surface area (Å²) in [6, 6.07) is 6.10. The lowest BCUT2D eigenvalue weighted by molar-refractivity contribution is -0.119. The van der Waals surface area contributed by atoms with Crippen LogP contribution in [0.25, 0.3) is 0 Å². The van der Waals surface area contributed by atoms with E-state index in [9.17, 15) is 19.5 Å². The van der Waals surface area contributed by atoms with Crippen LogP contribution in [0.1, 0.15) is 50.7 Å². The molecule has 1 amide bonds. The normalized spacial score (nSPS) is 11.6. The molecule has 0 aliphatic heterocycles. The van der Waals surface area contributed by atoms with E-state index in [1.807, 2.05) is 0 Å². The molecule has 0 saturated heterocycles. The van der Waals surface area contributed by atoms with Crippen LogP contribution >= 0.6 is 0 Å². The first-order valence-electron chi connectivity index (χ1n) is 8.27. The summed E-state index contributed by atoms with van der Waals surface area (Å²) in [7, 11) is 1.28. The maximum atomic E-state index is 12.2. The van der Waals surface area contributed by atoms with E-state index >= 15 is 0 Å². The Balaban J connectivity index is 1.95. The lowest BCUT2D eigenvalue weighted by Crippen LogP contribution is -2.21. The molecule has 0 unspecified atom stereocenters. The molecule has 2 rings (SSSR count). The second-order valence-corrected chi connectivity index (χ2v) is 6.03. The lowest BCUT2D eigenvalue weighted by atomic mass is 10.1. The Morgan fingerprint density at radius 2 is 1.78 bits per heavy atom. The molecule has 1 aromatic carbocycles. The summed E-state index contributed by atoms with van der Waals surface area (Å²) in [5, 5.41) is 12.3. The first-order valence-corrected chi connectivity index (χ1v) is 8.27. The van der Waals surface area contributed by atoms with Crippen LogP contribution in [0.5, 0.6) is 0 Å². The van der Waals surface area contributed by atoms with Crippen LogP contribution in [0, 0.1) is 13.8 Å². The van der Waals surface area contributed by atoms with Crippen LogP contribution in [-0.4, -0.2) is 41.7 Å². The number of nitrogens with one attached hydrogen (secondary N) is 2. The van der Waals surface area contributed by atoms with Gasteiger partial charge in [0.2, 0.25) is 0 Å². The summed E-state index contributed by atoms with van der Waals surface area (Å²) in [5.41, 5.74) is 2.91. The van der Waals surface area contributed by atoms with Crippen molar-refractivity contribution in [2.45, 2.75) is 26.9 Å². The largest absolute Gasteiger partial charge is 0.465 e. The number of aliphatic hydroxyl groups excluding tert-OH is 1. The Hall–Kier alpha value is -3.13. The second kappa shape index (κ2) is 8.50. The highest BCUT2D eigenvalue weighted by Gasteiger charge is 2.21. The number of carbonyl (C=O) groups excluding carboxylic acids is 3. The SMILES string of the molecule is COC(=O)c1ccc(NC(=O)COC(=O)c2[nH]c(C)c([C@H](C)O)c2C)cc1. The Bertz CT molecular complexity index is 852. The van der Waals surface area contributed by atoms with E-state index in [0.29, 0.717) is 28.1 Å². The number of rotatable bonds is 6. The zero-order chi connectivity index (χ0) is 20.1. The van der Waals surface area contributed by atoms with Crippen molar-refractivity contribution < 1.29 is 29.0 Å². The van der Waals surface area contributed by atoms with Gasteiger partial charge in [-0.15, -0.1) is 0 Å². The van der Waals surface area contributed by atoms with E-state index in [1.54, 1.807) is 32.9 Å². The van der Waals surface area contributed by atoms with Gasteiger partial charge in [-0.05, 0) is 50.6 Å². The minimum Gasteiger partial charge on any atom is -0.465 e. The Morgan fingerprint density at radius 3 is 2.30 bits per heavy atom. The molecule has 0 aliphatic rings. The molecule has 2 aromatic rings. The summed E-state index contributed by atoms with van der Waals surface area (Å²) >= 11 is 0. The van der Waals surface area contributed by atoms with Crippen LogP contribution < -0.4 is 5.32 Å². The topological polar surface area (TPSA) is 118 Å². The average Bonchev–Trinajstić information content (AvgIpc) is 2.94. The first kappa shape index (κ1) is 20.2. The molecule has 0 radical (unpaired) electrons. The van der Waals surface area contributed by atoms with Gasteiger partial charge in [-0.25, -0.2) is 9.59 Å². The van der Waals surface area contributed by atoms with Crippen molar-refractivity contribution in [3.05, 3.63) is 52.3 Å². The van der Waals surface area contributed by atoms with E-state index in [4.69, 9.17) is 4.74 Å². The predicted octanol–water partition coefficient (Wildman–Crippen LogP) is 2.27. The molecule has 0 saturated carbocycles. The number of aryl methyl sites for hydroxylation is 1. The van der Waals surface area contributed by atoms with Gasteiger partial charge in [-0.2, -0.15) is 0 Å². The molecule has 0 bridgehead atoms. The molecule has 8 nitrogen and oxygen atoms in total. The number of aromatic nitrogens is 1. The number of H-pyrrole nitrogens is 1. The number of esters is 2. The van der Waals surface area contributed by atoms with Crippen LogP contribution in [0.15, 0.2) is 24.3 Å². The van der Waals surface area contributed by atoms with Crippen molar-refractivity contribution >= 4 is 23.5 Å². The fourth-order valence-electron chi connectivity index (χ4n) is 2.80. The van der Waals surface area contributed by atoms with Gasteiger partial charge in [0.05, 0.1) is 18.8 Å². The van der Waals surface area contributed by atoms with Crippen molar-refractivity contribution in [1.29, 1.82) is 0 Å². The average molecular weight is 374 g/mol. The van der Waals surface area contributed by atoms with Gasteiger partial charge >= 0.3 is 11.9 Å². The fraction of sp³-hybridized carbons (Fsp3) is 0.316. The van der Waals surface area contributed by atoms with Gasteiger partial charge in [0.25, 0.3) is 5.91 Å². The van der Waals surface area contributed by atoms with Gasteiger partial charge in [0.1, 0.15) is 5.69 Å². The summed E-state index contributed by atoms with van der Waals surface area (Å²) in [6.07, 6.45) is -0.723. The molecule has 1 aromatic heterocycles. The number of amides is 1. The zero-order valence-corrected chi connectivity index (χ0v) is 15.6. The van der Waals surface area contributed by atoms with Crippen LogP contribution in [-0.2, 0) is 14.3 Å². The molecular formula is C19H22N2O6. The number of aromatic amines is 1. The standard InChI is InChI=1S/C19H22N2O6/c1-10-16(12(3)22)11(2)20-17(10)19(25)27-9-15(23)21-14-7-5-13(6-8-14)18(24)26-4/h5-8,12,20,22H,9H2,1-4H3,(H,21,23)/t12-/m0/s1. The maximum absolute atomic E-state index is 12.2. The number of hydrogen-bond acceptors (Lipinski definition) is 6. The van der Waals surface area contributed by atoms with Gasteiger partial charge in [0, 0.05) is 16.9 Å². The number of methoxy groups -OCH3 is 1. The first-order chi connectivity index (χ1) is 12.7. The smallest absolute Gasteiger partial charge is 0.355 e. The third-order valence-electron chi connectivity index (χ3n) is 4.04. The molecule has 0 aliphatic carbocycles. The second-order valence-electron chi connectivity index (χ2n) is 6.03. The number of hydrogen-bond donors (Lipinski definition) is 3. The Labute approximate surface area is 156 Å². The minimum atomic E-state index is -0.723. The summed E-state index contributed by atoms with van der Waals surface area (Å²) in [5.74, 6) is -1.68. The molecule has 144 valence electrons. The summed E-state index contributed by atoms with van der Waals surface area (Å²) < 4.78 is 9.63. The quantitative estimate of drug-likeness (QED) is 0.668. The molecule has 3 N–H and O–H groups in total. The molecule has 1 heterocycles. The molecule has 27 heavy (non-hydrogen) atoms. The number of carbonyl (C=O) groups is 3. The number of benzene rings is 1. The molecule has 0 spiro atoms. The monoisotopic (exact) mass is 374 g/mol. The Morgan fingerprint density at radius 1 is 1.15 bits per heavy atom. The van der Waals surface area contributed by atoms with E-state index < -0.39 is 30.6 Å². The van der Waals surface area contributed by atoms with Crippen LogP contribution in [0.2, 0.25) is 0 Å². The predicted molar refractivity (Wildman–Crippen MR) is 97.6 cm³/mol. The van der Waals surface area contributed by atoms with Gasteiger partial charge in [-0.1, -0.05) is 0 Å². The highest BCUT2D eigenvalue weighted by Crippen LogP contribution is 2.24. The number of anilines is 1. The maximum Gasteiger partial charge on any atom is 0.355 e. The molecule has 0 fully saturated rings. The van der Waals surface area contributed by atoms with E-state index in [-0.39, 0.29) is 5.69 Å². The molecule has 1 atom stereocenters. The van der Waals surface area contributed by atoms with Crippen molar-refractivity contribution in [1.82, 2.24) is 4.98 Å². The Kier molecular flexibility index (Phi) is 6.36. The molecule has 8 heteroatoms. The highest BCUT2D eigenvalue weighted by atomic mass is 16.5. The van der Waals surface area contributed by atoms with Gasteiger partial charge < -0.3 is 24.9 Å². The van der Waals surface area contributed by atoms with Crippen molar-refractivity contribution in [3.63, 3.8) is 0 Å². The van der Waals surface area contributed by atoms with Gasteiger partial charge in [-0.3, -0.25) is 4.79 Å². The zero-order valence-electron chi connectivity index (χ0n) is 15.6. The lowest BCUT2D eigenvalue weighted by Gasteiger charge is -2.08. The van der Waals surface area contributed by atoms with E-state index in [0.717, 1.165) is 0 Å². The third-order valence-corrected chi connectivity index (χ3v) is 4.04. The number of aliphatic hydroxyl groups is 1. The highest BCUT2D eigenvalue weighted by molar-refractivity contribution is 5.96.